The van der Waals surface area contributed by atoms with Gasteiger partial charge in [-0.3, -0.25) is 4.79 Å². The smallest absolute Gasteiger partial charge is 0.253 e. The number of hydrogen-bond donors (Lipinski definition) is 1. The molecule has 0 aromatic heterocycles. The van der Waals surface area contributed by atoms with Crippen LogP contribution in [0.5, 0.6) is 0 Å². The summed E-state index contributed by atoms with van der Waals surface area (Å²) in [6.45, 7) is 1.41. The highest BCUT2D eigenvalue weighted by Crippen LogP contribution is 2.05. The van der Waals surface area contributed by atoms with Crippen molar-refractivity contribution in [3.63, 3.8) is 0 Å². The van der Waals surface area contributed by atoms with Gasteiger partial charge in [-0.25, -0.2) is 4.21 Å². The lowest BCUT2D eigenvalue weighted by atomic mass is 10.2. The Morgan fingerprint density at radius 3 is 2.60 bits per heavy atom. The van der Waals surface area contributed by atoms with E-state index in [1.807, 2.05) is 0 Å². The topological polar surface area (TPSA) is 58.5 Å². The third-order valence-corrected chi connectivity index (χ3v) is 5.02. The molecule has 15 heavy (non-hydrogen) atoms. The quantitative estimate of drug-likeness (QED) is 0.625. The lowest BCUT2D eigenvalue weighted by Gasteiger charge is -2.15. The van der Waals surface area contributed by atoms with Gasteiger partial charge in [0.05, 0.1) is 9.73 Å². The van der Waals surface area contributed by atoms with Crippen LogP contribution >= 0.6 is 15.9 Å². The van der Waals surface area contributed by atoms with Gasteiger partial charge in [0.2, 0.25) is 0 Å². The molecule has 0 aromatic carbocycles. The third kappa shape index (κ3) is 5.08. The normalized spacial score (nSPS) is 19.8. The molecule has 1 heterocycles. The van der Waals surface area contributed by atoms with Crippen LogP contribution in [-0.2, 0) is 14.5 Å². The molecule has 1 N–H and O–H groups in total. The first-order chi connectivity index (χ1) is 7.16. The number of halogens is 1. The second-order valence-electron chi connectivity index (χ2n) is 3.56. The number of unbranched alkanes of at least 4 members (excludes halogenated alkanes) is 1. The van der Waals surface area contributed by atoms with Gasteiger partial charge in [-0.05, 0) is 12.8 Å². The maximum Gasteiger partial charge on any atom is 0.253 e. The molecule has 0 aliphatic carbocycles. The van der Waals surface area contributed by atoms with E-state index in [0.29, 0.717) is 31.0 Å². The number of amides is 1. The van der Waals surface area contributed by atoms with E-state index < -0.39 is 9.73 Å². The summed E-state index contributed by atoms with van der Waals surface area (Å²) >= 11 is 3.30. The highest BCUT2D eigenvalue weighted by molar-refractivity contribution is 9.09. The zero-order valence-corrected chi connectivity index (χ0v) is 11.1. The standard InChI is InChI=1S/C9H17BrN2O2S/c10-4-2-1-3-9(13)12-15(14)7-5-11-6-8-15/h11H,1-8H2. The van der Waals surface area contributed by atoms with Crippen LogP contribution in [0.3, 0.4) is 0 Å². The number of carbonyl (C=O) groups is 1. The zero-order valence-electron chi connectivity index (χ0n) is 8.71. The summed E-state index contributed by atoms with van der Waals surface area (Å²) < 4.78 is 15.9. The number of alkyl halides is 1. The summed E-state index contributed by atoms with van der Waals surface area (Å²) in [5, 5.41) is 4.01. The van der Waals surface area contributed by atoms with Gasteiger partial charge in [-0.15, -0.1) is 0 Å². The average Bonchev–Trinajstić information content (AvgIpc) is 2.18. The van der Waals surface area contributed by atoms with Crippen molar-refractivity contribution in [3.8, 4) is 0 Å². The molecule has 1 aliphatic rings. The fourth-order valence-electron chi connectivity index (χ4n) is 1.38. The number of nitrogens with zero attached hydrogens (tertiary/aromatic N) is 1. The number of nitrogens with one attached hydrogen (secondary N) is 1. The van der Waals surface area contributed by atoms with Crippen molar-refractivity contribution in [2.24, 2.45) is 4.36 Å². The molecule has 0 aromatic rings. The molecular formula is C9H17BrN2O2S. The van der Waals surface area contributed by atoms with Crippen LogP contribution in [-0.4, -0.2) is 40.0 Å². The van der Waals surface area contributed by atoms with E-state index in [1.165, 1.54) is 0 Å². The molecule has 1 amide bonds. The Balaban J connectivity index is 2.46. The molecule has 6 heteroatoms. The Morgan fingerprint density at radius 2 is 2.00 bits per heavy atom. The van der Waals surface area contributed by atoms with Crippen LogP contribution in [0.1, 0.15) is 19.3 Å². The molecule has 0 bridgehead atoms. The molecule has 1 saturated heterocycles. The first-order valence-electron chi connectivity index (χ1n) is 5.18. The maximum atomic E-state index is 12.0. The predicted octanol–water partition coefficient (Wildman–Crippen LogP) is 1.15. The van der Waals surface area contributed by atoms with E-state index in [1.54, 1.807) is 0 Å². The Morgan fingerprint density at radius 1 is 1.33 bits per heavy atom. The van der Waals surface area contributed by atoms with Crippen LogP contribution in [0.2, 0.25) is 0 Å². The molecule has 4 nitrogen and oxygen atoms in total. The summed E-state index contributed by atoms with van der Waals surface area (Å²) in [5.41, 5.74) is 0. The first kappa shape index (κ1) is 13.1. The van der Waals surface area contributed by atoms with Gasteiger partial charge in [-0.2, -0.15) is 4.36 Å². The minimum atomic E-state index is -2.23. The van der Waals surface area contributed by atoms with Gasteiger partial charge in [0.15, 0.2) is 0 Å². The molecule has 1 rings (SSSR count). The minimum Gasteiger partial charge on any atom is -0.315 e. The largest absolute Gasteiger partial charge is 0.315 e. The van der Waals surface area contributed by atoms with Crippen molar-refractivity contribution in [3.05, 3.63) is 0 Å². The predicted molar refractivity (Wildman–Crippen MR) is 65.8 cm³/mol. The highest BCUT2D eigenvalue weighted by Gasteiger charge is 2.15. The SMILES string of the molecule is O=C(CCCCBr)N=S1(=O)CCNCC1. The van der Waals surface area contributed by atoms with Gasteiger partial charge < -0.3 is 5.32 Å². The highest BCUT2D eigenvalue weighted by atomic mass is 79.9. The Labute approximate surface area is 99.5 Å². The molecule has 88 valence electrons. The van der Waals surface area contributed by atoms with E-state index >= 15 is 0 Å². The van der Waals surface area contributed by atoms with Gasteiger partial charge in [0.25, 0.3) is 5.91 Å². The Hall–Kier alpha value is 0.0600. The van der Waals surface area contributed by atoms with Gasteiger partial charge >= 0.3 is 0 Å². The summed E-state index contributed by atoms with van der Waals surface area (Å²) in [5.74, 6) is 0.830. The second kappa shape index (κ2) is 6.60. The fourth-order valence-corrected chi connectivity index (χ4v) is 3.56. The Kier molecular flexibility index (Phi) is 5.78. The van der Waals surface area contributed by atoms with Crippen molar-refractivity contribution >= 4 is 31.6 Å². The van der Waals surface area contributed by atoms with Crippen LogP contribution < -0.4 is 5.32 Å². The number of rotatable bonds is 4. The molecular weight excluding hydrogens is 280 g/mol. The molecule has 0 radical (unpaired) electrons. The van der Waals surface area contributed by atoms with Gasteiger partial charge in [0.1, 0.15) is 0 Å². The summed E-state index contributed by atoms with van der Waals surface area (Å²) in [7, 11) is -2.23. The van der Waals surface area contributed by atoms with Crippen molar-refractivity contribution < 1.29 is 9.00 Å². The van der Waals surface area contributed by atoms with Gasteiger partial charge in [-0.1, -0.05) is 15.9 Å². The van der Waals surface area contributed by atoms with E-state index in [-0.39, 0.29) is 5.91 Å². The Bertz CT molecular complexity index is 312. The fraction of sp³-hybridized carbons (Fsp3) is 0.889. The van der Waals surface area contributed by atoms with Crippen LogP contribution in [0.15, 0.2) is 4.36 Å². The number of carbonyl (C=O) groups excluding carboxylic acids is 1. The molecule has 1 fully saturated rings. The van der Waals surface area contributed by atoms with Crippen molar-refractivity contribution in [1.82, 2.24) is 5.32 Å². The van der Waals surface area contributed by atoms with E-state index in [0.717, 1.165) is 18.2 Å². The monoisotopic (exact) mass is 296 g/mol. The van der Waals surface area contributed by atoms with E-state index in [9.17, 15) is 9.00 Å². The van der Waals surface area contributed by atoms with E-state index in [4.69, 9.17) is 0 Å². The van der Waals surface area contributed by atoms with Crippen molar-refractivity contribution in [2.75, 3.05) is 29.9 Å². The molecule has 0 atom stereocenters. The van der Waals surface area contributed by atoms with Crippen LogP contribution in [0.4, 0.5) is 0 Å². The molecule has 1 aliphatic heterocycles. The zero-order chi connectivity index (χ0) is 11.1. The lowest BCUT2D eigenvalue weighted by Crippen LogP contribution is -2.36. The lowest BCUT2D eigenvalue weighted by molar-refractivity contribution is -0.117. The molecule has 0 saturated carbocycles. The first-order valence-corrected chi connectivity index (χ1v) is 8.16. The molecule has 0 spiro atoms. The summed E-state index contributed by atoms with van der Waals surface area (Å²) in [6, 6.07) is 0. The maximum absolute atomic E-state index is 12.0. The minimum absolute atomic E-state index is 0.192. The number of hydrogen-bond acceptors (Lipinski definition) is 3. The summed E-state index contributed by atoms with van der Waals surface area (Å²) in [6.07, 6.45) is 2.21. The summed E-state index contributed by atoms with van der Waals surface area (Å²) in [4.78, 5) is 11.4. The second-order valence-corrected chi connectivity index (χ2v) is 6.90. The van der Waals surface area contributed by atoms with Gasteiger partial charge in [0, 0.05) is 36.3 Å². The molecule has 0 unspecified atom stereocenters. The van der Waals surface area contributed by atoms with Crippen LogP contribution in [0, 0.1) is 0 Å². The van der Waals surface area contributed by atoms with Crippen molar-refractivity contribution in [2.45, 2.75) is 19.3 Å². The van der Waals surface area contributed by atoms with Crippen LogP contribution in [0.25, 0.3) is 0 Å². The van der Waals surface area contributed by atoms with Crippen molar-refractivity contribution in [1.29, 1.82) is 0 Å². The third-order valence-electron chi connectivity index (χ3n) is 2.24. The average molecular weight is 297 g/mol. The van der Waals surface area contributed by atoms with E-state index in [2.05, 4.69) is 25.6 Å².